The zero-order chi connectivity index (χ0) is 9.42. The summed E-state index contributed by atoms with van der Waals surface area (Å²) in [4.78, 5) is 4.63. The topological polar surface area (TPSA) is 38.9 Å². The number of nitrogens with two attached hydrogens (primary N) is 1. The molecule has 2 rings (SSSR count). The van der Waals surface area contributed by atoms with Gasteiger partial charge in [-0.3, -0.25) is 0 Å². The van der Waals surface area contributed by atoms with Crippen molar-refractivity contribution in [1.82, 2.24) is 4.98 Å². The fourth-order valence-corrected chi connectivity index (χ4v) is 2.51. The Morgan fingerprint density at radius 2 is 2.46 bits per heavy atom. The molecule has 1 aromatic heterocycles. The van der Waals surface area contributed by atoms with Crippen LogP contribution in [0.15, 0.2) is 5.38 Å². The molecule has 2 N–H and O–H groups in total. The molecule has 1 heterocycles. The van der Waals surface area contributed by atoms with E-state index >= 15 is 0 Å². The molecule has 1 aliphatic carbocycles. The van der Waals surface area contributed by atoms with Crippen LogP contribution in [0.1, 0.15) is 42.8 Å². The van der Waals surface area contributed by atoms with Gasteiger partial charge in [0.15, 0.2) is 0 Å². The highest BCUT2D eigenvalue weighted by atomic mass is 32.1. The summed E-state index contributed by atoms with van der Waals surface area (Å²) in [6, 6.07) is 0. The lowest BCUT2D eigenvalue weighted by molar-refractivity contribution is 0.787. The van der Waals surface area contributed by atoms with Crippen LogP contribution in [0.5, 0.6) is 0 Å². The van der Waals surface area contributed by atoms with Gasteiger partial charge in [0.05, 0.1) is 10.7 Å². The highest BCUT2D eigenvalue weighted by Gasteiger charge is 2.38. The third kappa shape index (κ3) is 1.76. The molecule has 72 valence electrons. The molecule has 1 aliphatic rings. The molecule has 0 unspecified atom stereocenters. The minimum absolute atomic E-state index is 0.564. The Labute approximate surface area is 83.2 Å². The van der Waals surface area contributed by atoms with E-state index in [9.17, 15) is 0 Å². The molecule has 0 radical (unpaired) electrons. The largest absolute Gasteiger partial charge is 0.330 e. The fraction of sp³-hybridized carbons (Fsp3) is 0.700. The van der Waals surface area contributed by atoms with Crippen LogP contribution in [0.2, 0.25) is 0 Å². The van der Waals surface area contributed by atoms with E-state index in [2.05, 4.69) is 24.2 Å². The van der Waals surface area contributed by atoms with Gasteiger partial charge in [-0.15, -0.1) is 11.3 Å². The lowest BCUT2D eigenvalue weighted by Crippen LogP contribution is -2.02. The van der Waals surface area contributed by atoms with Crippen molar-refractivity contribution in [3.05, 3.63) is 16.1 Å². The first-order valence-corrected chi connectivity index (χ1v) is 5.75. The van der Waals surface area contributed by atoms with Gasteiger partial charge < -0.3 is 5.73 Å². The summed E-state index contributed by atoms with van der Waals surface area (Å²) in [5.74, 6) is 1.95. The number of nitrogens with zero attached hydrogens (tertiary/aromatic N) is 1. The predicted octanol–water partition coefficient (Wildman–Crippen LogP) is 2.33. The van der Waals surface area contributed by atoms with Crippen molar-refractivity contribution in [1.29, 1.82) is 0 Å². The Morgan fingerprint density at radius 3 is 2.92 bits per heavy atom. The standard InChI is InChI=1S/C10H16N2S/c1-6(2)10-12-9(5-13-10)8-3-7(8)4-11/h5-8H,3-4,11H2,1-2H3/t7-,8+/m0/s1. The van der Waals surface area contributed by atoms with E-state index < -0.39 is 0 Å². The quantitative estimate of drug-likeness (QED) is 0.806. The van der Waals surface area contributed by atoms with Crippen molar-refractivity contribution >= 4 is 11.3 Å². The molecule has 0 amide bonds. The minimum Gasteiger partial charge on any atom is -0.330 e. The Balaban J connectivity index is 2.07. The highest BCUT2D eigenvalue weighted by molar-refractivity contribution is 7.09. The second-order valence-electron chi connectivity index (χ2n) is 4.10. The van der Waals surface area contributed by atoms with Crippen molar-refractivity contribution in [2.75, 3.05) is 6.54 Å². The molecule has 0 spiro atoms. The molecular weight excluding hydrogens is 180 g/mol. The molecule has 1 saturated carbocycles. The molecule has 3 heteroatoms. The maximum Gasteiger partial charge on any atom is 0.0953 e. The monoisotopic (exact) mass is 196 g/mol. The maximum absolute atomic E-state index is 5.60. The number of thiazole rings is 1. The van der Waals surface area contributed by atoms with Crippen molar-refractivity contribution in [3.8, 4) is 0 Å². The lowest BCUT2D eigenvalue weighted by Gasteiger charge is -1.96. The van der Waals surface area contributed by atoms with Gasteiger partial charge in [0.1, 0.15) is 0 Å². The zero-order valence-electron chi connectivity index (χ0n) is 8.16. The molecule has 13 heavy (non-hydrogen) atoms. The average molecular weight is 196 g/mol. The van der Waals surface area contributed by atoms with Crippen LogP contribution in [-0.2, 0) is 0 Å². The van der Waals surface area contributed by atoms with Crippen LogP contribution < -0.4 is 5.73 Å². The van der Waals surface area contributed by atoms with E-state index in [1.807, 2.05) is 0 Å². The molecule has 0 aliphatic heterocycles. The van der Waals surface area contributed by atoms with Crippen molar-refractivity contribution in [2.24, 2.45) is 11.7 Å². The third-order valence-electron chi connectivity index (χ3n) is 2.64. The highest BCUT2D eigenvalue weighted by Crippen LogP contribution is 2.46. The third-order valence-corrected chi connectivity index (χ3v) is 3.80. The minimum atomic E-state index is 0.564. The molecule has 2 atom stereocenters. The van der Waals surface area contributed by atoms with Crippen molar-refractivity contribution in [2.45, 2.75) is 32.1 Å². The zero-order valence-corrected chi connectivity index (χ0v) is 8.97. The summed E-state index contributed by atoms with van der Waals surface area (Å²) in [6.45, 7) is 5.20. The second-order valence-corrected chi connectivity index (χ2v) is 4.99. The van der Waals surface area contributed by atoms with Crippen molar-refractivity contribution in [3.63, 3.8) is 0 Å². The molecule has 0 bridgehead atoms. The molecule has 2 nitrogen and oxygen atoms in total. The van der Waals surface area contributed by atoms with Crippen LogP contribution in [0.25, 0.3) is 0 Å². The van der Waals surface area contributed by atoms with Gasteiger partial charge in [0.2, 0.25) is 0 Å². The van der Waals surface area contributed by atoms with Crippen LogP contribution in [0.3, 0.4) is 0 Å². The fourth-order valence-electron chi connectivity index (χ4n) is 1.61. The molecule has 1 fully saturated rings. The summed E-state index contributed by atoms with van der Waals surface area (Å²) in [5.41, 5.74) is 6.89. The summed E-state index contributed by atoms with van der Waals surface area (Å²) < 4.78 is 0. The smallest absolute Gasteiger partial charge is 0.0953 e. The molecule has 0 aromatic carbocycles. The van der Waals surface area contributed by atoms with E-state index in [0.717, 1.165) is 6.54 Å². The van der Waals surface area contributed by atoms with Crippen molar-refractivity contribution < 1.29 is 0 Å². The van der Waals surface area contributed by atoms with Crippen LogP contribution >= 0.6 is 11.3 Å². The Hall–Kier alpha value is -0.410. The van der Waals surface area contributed by atoms with Crippen LogP contribution in [0, 0.1) is 5.92 Å². The van der Waals surface area contributed by atoms with Gasteiger partial charge in [-0.1, -0.05) is 13.8 Å². The maximum atomic E-state index is 5.60. The lowest BCUT2D eigenvalue weighted by atomic mass is 10.2. The first kappa shape index (κ1) is 9.16. The Kier molecular flexibility index (Phi) is 2.39. The van der Waals surface area contributed by atoms with Gasteiger partial charge >= 0.3 is 0 Å². The van der Waals surface area contributed by atoms with Crippen LogP contribution in [-0.4, -0.2) is 11.5 Å². The number of hydrogen-bond donors (Lipinski definition) is 1. The van der Waals surface area contributed by atoms with E-state index in [1.54, 1.807) is 11.3 Å². The normalized spacial score (nSPS) is 26.8. The van der Waals surface area contributed by atoms with Crippen LogP contribution in [0.4, 0.5) is 0 Å². The number of hydrogen-bond acceptors (Lipinski definition) is 3. The molecule has 1 aromatic rings. The summed E-state index contributed by atoms with van der Waals surface area (Å²) in [7, 11) is 0. The van der Waals surface area contributed by atoms with Gasteiger partial charge in [-0.2, -0.15) is 0 Å². The van der Waals surface area contributed by atoms with E-state index in [1.165, 1.54) is 17.1 Å². The van der Waals surface area contributed by atoms with Gasteiger partial charge in [-0.05, 0) is 18.9 Å². The Morgan fingerprint density at radius 1 is 1.69 bits per heavy atom. The van der Waals surface area contributed by atoms with E-state index in [-0.39, 0.29) is 0 Å². The summed E-state index contributed by atoms with van der Waals surface area (Å²) in [5, 5.41) is 3.47. The van der Waals surface area contributed by atoms with Gasteiger partial charge in [-0.25, -0.2) is 4.98 Å². The number of rotatable bonds is 3. The summed E-state index contributed by atoms with van der Waals surface area (Å²) >= 11 is 1.79. The average Bonchev–Trinajstić information content (AvgIpc) is 2.73. The first-order valence-electron chi connectivity index (χ1n) is 4.87. The Bertz CT molecular complexity index is 293. The number of aromatic nitrogens is 1. The predicted molar refractivity (Wildman–Crippen MR) is 56.1 cm³/mol. The SMILES string of the molecule is CC(C)c1nc([C@@H]2C[C@H]2CN)cs1. The first-order chi connectivity index (χ1) is 6.22. The van der Waals surface area contributed by atoms with Gasteiger partial charge in [0.25, 0.3) is 0 Å². The van der Waals surface area contributed by atoms with E-state index in [4.69, 9.17) is 5.73 Å². The molecular formula is C10H16N2S. The van der Waals surface area contributed by atoms with E-state index in [0.29, 0.717) is 17.8 Å². The van der Waals surface area contributed by atoms with Gasteiger partial charge in [0, 0.05) is 17.2 Å². The second kappa shape index (κ2) is 3.39. The summed E-state index contributed by atoms with van der Waals surface area (Å²) in [6.07, 6.45) is 1.25. The molecule has 0 saturated heterocycles.